The molecule has 3 atom stereocenters. The van der Waals surface area contributed by atoms with E-state index >= 15 is 0 Å². The average molecular weight is 863 g/mol. The van der Waals surface area contributed by atoms with Crippen molar-refractivity contribution in [1.82, 2.24) is 14.9 Å². The van der Waals surface area contributed by atoms with Crippen LogP contribution in [0.25, 0.3) is 11.4 Å². The van der Waals surface area contributed by atoms with Gasteiger partial charge in [0.15, 0.2) is 21.8 Å². The van der Waals surface area contributed by atoms with Crippen LogP contribution in [-0.2, 0) is 14.6 Å². The van der Waals surface area contributed by atoms with Crippen molar-refractivity contribution in [2.75, 3.05) is 46.3 Å². The Hall–Kier alpha value is -5.04. The van der Waals surface area contributed by atoms with E-state index in [0.717, 1.165) is 46.9 Å². The number of hydrogen-bond acceptors (Lipinski definition) is 10. The van der Waals surface area contributed by atoms with Gasteiger partial charge in [0.1, 0.15) is 11.5 Å². The van der Waals surface area contributed by atoms with Gasteiger partial charge in [-0.05, 0) is 124 Å². The van der Waals surface area contributed by atoms with Gasteiger partial charge in [-0.2, -0.15) is 5.10 Å². The SMILES string of the molecule is CCCCC(CC)CN1c2cc(C)c(/N=C3/C(C(C)(C)C)=Nn4nc(-c5ccc(NC(=O)C(CC)Oc6ccc(N7CCS(=O)(=O)CC7)cc6)cc5)nc43)cc2C(C)CC1(C)C. The largest absolute Gasteiger partial charge is 0.481 e. The highest BCUT2D eigenvalue weighted by Gasteiger charge is 2.39. The summed E-state index contributed by atoms with van der Waals surface area (Å²) >= 11 is 0. The molecule has 4 aromatic rings. The highest BCUT2D eigenvalue weighted by Crippen LogP contribution is 2.46. The molecule has 0 bridgehead atoms. The standard InChI is InChI=1S/C49H66N8O4S/c1-11-14-15-34(12-2)31-56-41-28-32(4)40(29-39(41)33(5)30-49(56,9)10)51-43-44(48(6,7)8)53-57-46(43)52-45(54-57)35-16-18-36(19-17-35)50-47(58)42(13-3)61-38-22-20-37(21-23-38)55-24-26-62(59,60)27-25-55/h16-23,28-29,33-34,42H,11-15,24-27,30-31H2,1-10H3,(H,50,58)/b51-43-. The number of amides is 1. The number of carbonyl (C=O) groups is 1. The maximum absolute atomic E-state index is 13.4. The topological polar surface area (TPSA) is 134 Å². The maximum Gasteiger partial charge on any atom is 0.265 e. The van der Waals surface area contributed by atoms with Crippen LogP contribution in [0, 0.1) is 18.3 Å². The van der Waals surface area contributed by atoms with Crippen LogP contribution in [0.1, 0.15) is 124 Å². The molecule has 1 aromatic heterocycles. The highest BCUT2D eigenvalue weighted by atomic mass is 32.2. The molecule has 1 N–H and O–H groups in total. The molecule has 3 aromatic carbocycles. The zero-order valence-electron chi connectivity index (χ0n) is 38.5. The molecule has 3 aliphatic rings. The maximum atomic E-state index is 13.4. The average Bonchev–Trinajstić information content (AvgIpc) is 3.80. The molecule has 3 unspecified atom stereocenters. The third-order valence-electron chi connectivity index (χ3n) is 12.8. The van der Waals surface area contributed by atoms with Crippen molar-refractivity contribution < 1.29 is 17.9 Å². The van der Waals surface area contributed by atoms with E-state index in [0.29, 0.717) is 54.4 Å². The molecule has 0 spiro atoms. The third kappa shape index (κ3) is 9.77. The second-order valence-electron chi connectivity index (χ2n) is 19.2. The lowest BCUT2D eigenvalue weighted by Crippen LogP contribution is -2.50. The lowest BCUT2D eigenvalue weighted by molar-refractivity contribution is -0.122. The van der Waals surface area contributed by atoms with Gasteiger partial charge < -0.3 is 19.9 Å². The first-order valence-electron chi connectivity index (χ1n) is 22.6. The van der Waals surface area contributed by atoms with Crippen LogP contribution in [0.2, 0.25) is 0 Å². The number of nitrogens with zero attached hydrogens (tertiary/aromatic N) is 7. The van der Waals surface area contributed by atoms with E-state index in [-0.39, 0.29) is 28.4 Å². The second-order valence-corrected chi connectivity index (χ2v) is 21.5. The van der Waals surface area contributed by atoms with Crippen molar-refractivity contribution in [1.29, 1.82) is 0 Å². The van der Waals surface area contributed by atoms with Crippen LogP contribution in [0.15, 0.2) is 70.8 Å². The predicted octanol–water partition coefficient (Wildman–Crippen LogP) is 9.98. The molecule has 0 saturated carbocycles. The first-order chi connectivity index (χ1) is 29.4. The molecular weight excluding hydrogens is 797 g/mol. The summed E-state index contributed by atoms with van der Waals surface area (Å²) in [5.41, 5.74) is 8.43. The van der Waals surface area contributed by atoms with E-state index in [9.17, 15) is 13.2 Å². The fraction of sp³-hybridized carbons (Fsp3) is 0.531. The number of ether oxygens (including phenoxy) is 1. The number of benzene rings is 3. The quantitative estimate of drug-likeness (QED) is 0.132. The van der Waals surface area contributed by atoms with Gasteiger partial charge in [0.2, 0.25) is 5.82 Å². The van der Waals surface area contributed by atoms with Gasteiger partial charge >= 0.3 is 0 Å². The summed E-state index contributed by atoms with van der Waals surface area (Å²) in [5, 5.41) is 12.8. The summed E-state index contributed by atoms with van der Waals surface area (Å²) in [6.45, 7) is 24.3. The van der Waals surface area contributed by atoms with Crippen molar-refractivity contribution in [3.63, 3.8) is 0 Å². The molecule has 0 radical (unpaired) electrons. The zero-order valence-corrected chi connectivity index (χ0v) is 39.3. The zero-order chi connectivity index (χ0) is 44.6. The summed E-state index contributed by atoms with van der Waals surface area (Å²) in [4.78, 5) is 30.1. The van der Waals surface area contributed by atoms with Crippen molar-refractivity contribution in [2.45, 2.75) is 125 Å². The van der Waals surface area contributed by atoms with Crippen LogP contribution in [-0.4, -0.2) is 83.4 Å². The lowest BCUT2D eigenvalue weighted by Gasteiger charge is -2.49. The molecular formula is C49H66N8O4S. The normalized spacial score (nSPS) is 19.7. The number of rotatable bonds is 14. The number of carbonyl (C=O) groups excluding carboxylic acids is 1. The Morgan fingerprint density at radius 3 is 2.32 bits per heavy atom. The summed E-state index contributed by atoms with van der Waals surface area (Å²) in [6, 6.07) is 19.6. The number of fused-ring (bicyclic) bond motifs is 2. The fourth-order valence-electron chi connectivity index (χ4n) is 9.00. The second kappa shape index (κ2) is 18.0. The van der Waals surface area contributed by atoms with Crippen LogP contribution < -0.4 is 19.9 Å². The van der Waals surface area contributed by atoms with E-state index in [2.05, 4.69) is 89.6 Å². The Morgan fingerprint density at radius 2 is 1.69 bits per heavy atom. The van der Waals surface area contributed by atoms with Crippen LogP contribution in [0.5, 0.6) is 5.75 Å². The highest BCUT2D eigenvalue weighted by molar-refractivity contribution is 7.91. The number of sulfone groups is 1. The lowest BCUT2D eigenvalue weighted by atomic mass is 9.78. The Balaban J connectivity index is 1.08. The van der Waals surface area contributed by atoms with Crippen molar-refractivity contribution in [3.8, 4) is 17.1 Å². The van der Waals surface area contributed by atoms with Gasteiger partial charge in [-0.1, -0.05) is 67.7 Å². The molecule has 3 aliphatic heterocycles. The van der Waals surface area contributed by atoms with E-state index in [4.69, 9.17) is 24.9 Å². The molecule has 4 heterocycles. The Morgan fingerprint density at radius 1 is 1.00 bits per heavy atom. The van der Waals surface area contributed by atoms with Crippen molar-refractivity contribution >= 4 is 49.9 Å². The molecule has 7 rings (SSSR count). The monoisotopic (exact) mass is 862 g/mol. The molecule has 1 saturated heterocycles. The first-order valence-corrected chi connectivity index (χ1v) is 24.4. The molecule has 62 heavy (non-hydrogen) atoms. The number of aliphatic imine (C=N–C) groups is 1. The molecule has 1 fully saturated rings. The molecule has 1 amide bonds. The minimum Gasteiger partial charge on any atom is -0.481 e. The number of unbranched alkanes of at least 4 members (excludes halogenated alkanes) is 1. The predicted molar refractivity (Wildman–Crippen MR) is 254 cm³/mol. The molecule has 12 nitrogen and oxygen atoms in total. The number of aryl methyl sites for hydroxylation is 1. The van der Waals surface area contributed by atoms with Gasteiger partial charge in [0.25, 0.3) is 5.91 Å². The van der Waals surface area contributed by atoms with Crippen LogP contribution in [0.4, 0.5) is 22.7 Å². The minimum absolute atomic E-state index is 0.0617. The first kappa shape index (κ1) is 45.0. The molecule has 332 valence electrons. The van der Waals surface area contributed by atoms with Crippen molar-refractivity contribution in [3.05, 3.63) is 77.6 Å². The van der Waals surface area contributed by atoms with Crippen molar-refractivity contribution in [2.24, 2.45) is 21.4 Å². The number of anilines is 3. The molecule has 0 aliphatic carbocycles. The third-order valence-corrected chi connectivity index (χ3v) is 14.4. The van der Waals surface area contributed by atoms with Gasteiger partial charge in [0, 0.05) is 53.2 Å². The summed E-state index contributed by atoms with van der Waals surface area (Å²) in [5.74, 6) is 2.81. The van der Waals surface area contributed by atoms with Gasteiger partial charge in [0.05, 0.1) is 22.9 Å². The Bertz CT molecular complexity index is 2420. The summed E-state index contributed by atoms with van der Waals surface area (Å²) in [7, 11) is -2.96. The van der Waals surface area contributed by atoms with Gasteiger partial charge in [-0.15, -0.1) is 9.89 Å². The number of nitrogens with one attached hydrogen (secondary N) is 1. The summed E-state index contributed by atoms with van der Waals surface area (Å²) < 4.78 is 29.8. The van der Waals surface area contributed by atoms with Crippen LogP contribution >= 0.6 is 0 Å². The van der Waals surface area contributed by atoms with Gasteiger partial charge in [-0.3, -0.25) is 4.79 Å². The minimum atomic E-state index is -2.96. The van der Waals surface area contributed by atoms with Crippen LogP contribution in [0.3, 0.4) is 0 Å². The fourth-order valence-corrected chi connectivity index (χ4v) is 10.2. The number of hydrogen-bond donors (Lipinski definition) is 1. The smallest absolute Gasteiger partial charge is 0.265 e. The van der Waals surface area contributed by atoms with E-state index < -0.39 is 15.9 Å². The van der Waals surface area contributed by atoms with E-state index in [1.807, 2.05) is 55.5 Å². The van der Waals surface area contributed by atoms with Gasteiger partial charge in [-0.25, -0.2) is 18.4 Å². The summed E-state index contributed by atoms with van der Waals surface area (Å²) in [6.07, 6.45) is 5.80. The Labute approximate surface area is 369 Å². The molecule has 13 heteroatoms. The van der Waals surface area contributed by atoms with E-state index in [1.165, 1.54) is 36.9 Å². The Kier molecular flexibility index (Phi) is 13.0. The van der Waals surface area contributed by atoms with E-state index in [1.54, 1.807) is 4.79 Å². The number of aromatic nitrogens is 3.